The van der Waals surface area contributed by atoms with Crippen LogP contribution in [0.1, 0.15) is 13.8 Å². The zero-order valence-electron chi connectivity index (χ0n) is 8.34. The van der Waals surface area contributed by atoms with Gasteiger partial charge in [-0.05, 0) is 54.6 Å². The van der Waals surface area contributed by atoms with E-state index in [-0.39, 0.29) is 0 Å². The second kappa shape index (κ2) is 4.35. The first-order chi connectivity index (χ1) is 6.38. The number of aliphatic hydroxyl groups is 1. The topological polar surface area (TPSA) is 58.3 Å². The number of nitrogens with two attached hydrogens (primary N) is 1. The van der Waals surface area contributed by atoms with Crippen molar-refractivity contribution in [2.75, 3.05) is 17.6 Å². The Kier molecular flexibility index (Phi) is 3.60. The molecule has 0 atom stereocenters. The number of anilines is 2. The predicted octanol–water partition coefficient (Wildman–Crippen LogP) is 2.06. The number of benzene rings is 1. The minimum Gasteiger partial charge on any atom is -0.397 e. The molecule has 0 saturated heterocycles. The summed E-state index contributed by atoms with van der Waals surface area (Å²) in [6, 6.07) is 5.79. The molecule has 1 rings (SSSR count). The van der Waals surface area contributed by atoms with Gasteiger partial charge in [-0.1, -0.05) is 0 Å². The Labute approximate surface area is 97.8 Å². The standard InChI is InChI=1S/C10H15IN2O/c1-10(2,14)6-13-9-4-3-7(11)5-8(9)12/h3-5,13-14H,6,12H2,1-2H3. The number of halogens is 1. The maximum Gasteiger partial charge on any atom is 0.0763 e. The summed E-state index contributed by atoms with van der Waals surface area (Å²) in [5.74, 6) is 0. The van der Waals surface area contributed by atoms with Gasteiger partial charge in [0.2, 0.25) is 0 Å². The van der Waals surface area contributed by atoms with Crippen molar-refractivity contribution in [3.05, 3.63) is 21.8 Å². The van der Waals surface area contributed by atoms with Crippen LogP contribution in [0, 0.1) is 3.57 Å². The molecule has 78 valence electrons. The molecule has 0 heterocycles. The van der Waals surface area contributed by atoms with E-state index in [0.29, 0.717) is 12.2 Å². The predicted molar refractivity (Wildman–Crippen MR) is 68.4 cm³/mol. The molecule has 0 radical (unpaired) electrons. The summed E-state index contributed by atoms with van der Waals surface area (Å²) in [5, 5.41) is 12.6. The minimum absolute atomic E-state index is 0.484. The summed E-state index contributed by atoms with van der Waals surface area (Å²) in [5.41, 5.74) is 6.65. The van der Waals surface area contributed by atoms with Gasteiger partial charge in [0.25, 0.3) is 0 Å². The summed E-state index contributed by atoms with van der Waals surface area (Å²) < 4.78 is 1.11. The smallest absolute Gasteiger partial charge is 0.0763 e. The number of nitrogens with one attached hydrogen (secondary N) is 1. The van der Waals surface area contributed by atoms with Crippen LogP contribution in [0.4, 0.5) is 11.4 Å². The Bertz CT molecular complexity index is 320. The molecule has 0 aliphatic rings. The van der Waals surface area contributed by atoms with Crippen LogP contribution in [-0.4, -0.2) is 17.3 Å². The molecular formula is C10H15IN2O. The normalized spacial score (nSPS) is 11.4. The second-order valence-electron chi connectivity index (χ2n) is 3.90. The Balaban J connectivity index is 2.68. The van der Waals surface area contributed by atoms with Gasteiger partial charge in [-0.2, -0.15) is 0 Å². The SMILES string of the molecule is CC(C)(O)CNc1ccc(I)cc1N. The lowest BCUT2D eigenvalue weighted by Crippen LogP contribution is -2.29. The van der Waals surface area contributed by atoms with Crippen LogP contribution in [0.5, 0.6) is 0 Å². The lowest BCUT2D eigenvalue weighted by molar-refractivity contribution is 0.0945. The van der Waals surface area contributed by atoms with Crippen LogP contribution in [0.15, 0.2) is 18.2 Å². The first-order valence-corrected chi connectivity index (χ1v) is 5.48. The molecular weight excluding hydrogens is 291 g/mol. The van der Waals surface area contributed by atoms with Crippen molar-refractivity contribution in [3.63, 3.8) is 0 Å². The van der Waals surface area contributed by atoms with Gasteiger partial charge in [0.1, 0.15) is 0 Å². The van der Waals surface area contributed by atoms with E-state index in [1.165, 1.54) is 0 Å². The van der Waals surface area contributed by atoms with Crippen molar-refractivity contribution in [1.82, 2.24) is 0 Å². The van der Waals surface area contributed by atoms with Crippen LogP contribution in [0.25, 0.3) is 0 Å². The molecule has 0 bridgehead atoms. The van der Waals surface area contributed by atoms with Gasteiger partial charge < -0.3 is 16.2 Å². The molecule has 14 heavy (non-hydrogen) atoms. The van der Waals surface area contributed by atoms with Crippen molar-refractivity contribution in [2.24, 2.45) is 0 Å². The highest BCUT2D eigenvalue weighted by Crippen LogP contribution is 2.21. The third-order valence-corrected chi connectivity index (χ3v) is 2.40. The monoisotopic (exact) mass is 306 g/mol. The fraction of sp³-hybridized carbons (Fsp3) is 0.400. The molecule has 0 fully saturated rings. The van der Waals surface area contributed by atoms with E-state index >= 15 is 0 Å². The van der Waals surface area contributed by atoms with Gasteiger partial charge in [0.05, 0.1) is 17.0 Å². The lowest BCUT2D eigenvalue weighted by atomic mass is 10.1. The van der Waals surface area contributed by atoms with Crippen LogP contribution in [-0.2, 0) is 0 Å². The van der Waals surface area contributed by atoms with E-state index in [2.05, 4.69) is 27.9 Å². The Morgan fingerprint density at radius 1 is 1.50 bits per heavy atom. The average molecular weight is 306 g/mol. The summed E-state index contributed by atoms with van der Waals surface area (Å²) in [6.45, 7) is 3.99. The van der Waals surface area contributed by atoms with E-state index in [0.717, 1.165) is 9.26 Å². The molecule has 0 aromatic heterocycles. The fourth-order valence-electron chi connectivity index (χ4n) is 1.01. The average Bonchev–Trinajstić information content (AvgIpc) is 2.00. The van der Waals surface area contributed by atoms with Crippen LogP contribution in [0.2, 0.25) is 0 Å². The Hall–Kier alpha value is -0.490. The van der Waals surface area contributed by atoms with Crippen molar-refractivity contribution in [3.8, 4) is 0 Å². The molecule has 1 aromatic carbocycles. The maximum absolute atomic E-state index is 9.52. The van der Waals surface area contributed by atoms with Gasteiger partial charge in [-0.3, -0.25) is 0 Å². The Morgan fingerprint density at radius 3 is 2.64 bits per heavy atom. The largest absolute Gasteiger partial charge is 0.397 e. The van der Waals surface area contributed by atoms with E-state index in [4.69, 9.17) is 5.73 Å². The molecule has 3 nitrogen and oxygen atoms in total. The number of hydrogen-bond acceptors (Lipinski definition) is 3. The molecule has 1 aromatic rings. The molecule has 0 spiro atoms. The van der Waals surface area contributed by atoms with Crippen LogP contribution >= 0.6 is 22.6 Å². The summed E-state index contributed by atoms with van der Waals surface area (Å²) >= 11 is 2.21. The van der Waals surface area contributed by atoms with E-state index in [1.807, 2.05) is 18.2 Å². The lowest BCUT2D eigenvalue weighted by Gasteiger charge is -2.19. The first kappa shape index (κ1) is 11.6. The summed E-state index contributed by atoms with van der Waals surface area (Å²) in [6.07, 6.45) is 0. The van der Waals surface area contributed by atoms with Crippen molar-refractivity contribution in [1.29, 1.82) is 0 Å². The van der Waals surface area contributed by atoms with Crippen molar-refractivity contribution in [2.45, 2.75) is 19.4 Å². The van der Waals surface area contributed by atoms with E-state index in [9.17, 15) is 5.11 Å². The van der Waals surface area contributed by atoms with Crippen LogP contribution in [0.3, 0.4) is 0 Å². The van der Waals surface area contributed by atoms with Gasteiger partial charge in [0, 0.05) is 10.1 Å². The molecule has 0 aliphatic carbocycles. The first-order valence-electron chi connectivity index (χ1n) is 4.40. The van der Waals surface area contributed by atoms with Crippen LogP contribution < -0.4 is 11.1 Å². The number of nitrogen functional groups attached to an aromatic ring is 1. The van der Waals surface area contributed by atoms with E-state index in [1.54, 1.807) is 13.8 Å². The minimum atomic E-state index is -0.727. The molecule has 4 heteroatoms. The molecule has 0 aliphatic heterocycles. The number of hydrogen-bond donors (Lipinski definition) is 3. The van der Waals surface area contributed by atoms with Gasteiger partial charge in [-0.25, -0.2) is 0 Å². The molecule has 4 N–H and O–H groups in total. The summed E-state index contributed by atoms with van der Waals surface area (Å²) in [4.78, 5) is 0. The molecule has 0 saturated carbocycles. The Morgan fingerprint density at radius 2 is 2.14 bits per heavy atom. The van der Waals surface area contributed by atoms with E-state index < -0.39 is 5.60 Å². The third-order valence-electron chi connectivity index (χ3n) is 1.73. The van der Waals surface area contributed by atoms with Gasteiger partial charge in [0.15, 0.2) is 0 Å². The van der Waals surface area contributed by atoms with Crippen molar-refractivity contribution >= 4 is 34.0 Å². The highest BCUT2D eigenvalue weighted by Gasteiger charge is 2.12. The highest BCUT2D eigenvalue weighted by atomic mass is 127. The quantitative estimate of drug-likeness (QED) is 0.592. The molecule has 0 unspecified atom stereocenters. The summed E-state index contributed by atoms with van der Waals surface area (Å²) in [7, 11) is 0. The maximum atomic E-state index is 9.52. The second-order valence-corrected chi connectivity index (χ2v) is 5.14. The zero-order chi connectivity index (χ0) is 10.8. The fourth-order valence-corrected chi connectivity index (χ4v) is 1.52. The zero-order valence-corrected chi connectivity index (χ0v) is 10.5. The third kappa shape index (κ3) is 3.71. The highest BCUT2D eigenvalue weighted by molar-refractivity contribution is 14.1. The molecule has 0 amide bonds. The van der Waals surface area contributed by atoms with Crippen molar-refractivity contribution < 1.29 is 5.11 Å². The van der Waals surface area contributed by atoms with Gasteiger partial charge in [-0.15, -0.1) is 0 Å². The van der Waals surface area contributed by atoms with Gasteiger partial charge >= 0.3 is 0 Å². The number of rotatable bonds is 3.